The maximum atomic E-state index is 13.6. The smallest absolute Gasteiger partial charge is 0.494 e. The number of nitrogens with two attached hydrogens (primary N) is 2. The lowest BCUT2D eigenvalue weighted by Crippen LogP contribution is -2.41. The summed E-state index contributed by atoms with van der Waals surface area (Å²) in [5, 5.41) is 38.7. The molecule has 0 bridgehead atoms. The summed E-state index contributed by atoms with van der Waals surface area (Å²) in [7, 11) is -0.592. The number of phenols is 2. The highest BCUT2D eigenvalue weighted by Gasteiger charge is 2.52. The van der Waals surface area contributed by atoms with Crippen LogP contribution in [0.3, 0.4) is 0 Å². The Labute approximate surface area is 615 Å². The summed E-state index contributed by atoms with van der Waals surface area (Å²) >= 11 is 0. The summed E-state index contributed by atoms with van der Waals surface area (Å²) in [6.45, 7) is 20.6. The lowest BCUT2D eigenvalue weighted by atomic mass is 9.77. The monoisotopic (exact) mass is 1420 g/mol. The first-order valence-corrected chi connectivity index (χ1v) is 34.0. The first-order chi connectivity index (χ1) is 50.2. The van der Waals surface area contributed by atoms with E-state index in [0.29, 0.717) is 45.4 Å². The average molecular weight is 1420 g/mol. The number of carboxylic acids is 1. The number of benzene rings is 9. The summed E-state index contributed by atoms with van der Waals surface area (Å²) in [5.41, 5.74) is 19.8. The van der Waals surface area contributed by atoms with E-state index in [-0.39, 0.29) is 56.6 Å². The van der Waals surface area contributed by atoms with Crippen molar-refractivity contribution in [2.24, 2.45) is 0 Å². The van der Waals surface area contributed by atoms with Gasteiger partial charge in [-0.15, -0.1) is 0 Å². The number of aromatic nitrogens is 2. The zero-order valence-electron chi connectivity index (χ0n) is 60.6. The van der Waals surface area contributed by atoms with E-state index in [1.807, 2.05) is 165 Å². The number of nitrogen functional groups attached to an aromatic ring is 2. The molecule has 1 saturated heterocycles. The zero-order chi connectivity index (χ0) is 76.4. The Morgan fingerprint density at radius 1 is 0.396 bits per heavy atom. The summed E-state index contributed by atoms with van der Waals surface area (Å²) in [6, 6.07) is 68.9. The normalized spacial score (nSPS) is 12.8. The molecule has 0 saturated carbocycles. The predicted molar refractivity (Wildman–Crippen MR) is 415 cm³/mol. The molecule has 3 amide bonds. The maximum absolute atomic E-state index is 13.6. The number of carbonyl (C=O) groups is 6. The molecule has 2 aromatic heterocycles. The Morgan fingerprint density at radius 3 is 1.10 bits per heavy atom. The SMILES string of the molecule is CC(C)(C)OC(=O)c1ccc(-c2ccccc2)cc1NC(=O)c1cc(-c2cccc(N)n2)ccc1O.Cc1ccc(B2OC(C)(C)C(C)(C)O2)cc1C(=O)Nc1cc(-c2ccccc2)ccc1C(=O)OC(C)(C)C.Nc1cccc(-c2ccc(O)c(C(=O)Nc3cc(-c4ccccc4)ccc3C(=O)O)c2)n1. The van der Waals surface area contributed by atoms with Gasteiger partial charge < -0.3 is 61.5 Å². The molecule has 1 aliphatic heterocycles. The van der Waals surface area contributed by atoms with Crippen molar-refractivity contribution in [3.05, 3.63) is 276 Å². The molecule has 0 unspecified atom stereocenters. The van der Waals surface area contributed by atoms with Crippen LogP contribution in [0.15, 0.2) is 237 Å². The average Bonchev–Trinajstić information content (AvgIpc) is 1.61. The highest BCUT2D eigenvalue weighted by molar-refractivity contribution is 6.62. The number of pyridine rings is 2. The molecule has 0 spiro atoms. The summed E-state index contributed by atoms with van der Waals surface area (Å²) in [6.07, 6.45) is 0. The number of aromatic hydroxyl groups is 2. The quantitative estimate of drug-likeness (QED) is 0.0349. The van der Waals surface area contributed by atoms with Gasteiger partial charge in [-0.2, -0.15) is 0 Å². The van der Waals surface area contributed by atoms with Crippen LogP contribution in [0.1, 0.15) is 137 Å². The molecule has 9 aromatic carbocycles. The fraction of sp³-hybridized carbons (Fsp3) is 0.176. The minimum atomic E-state index is -1.18. The van der Waals surface area contributed by atoms with Gasteiger partial charge in [-0.05, 0) is 224 Å². The van der Waals surface area contributed by atoms with E-state index in [1.165, 1.54) is 30.3 Å². The van der Waals surface area contributed by atoms with Crippen LogP contribution in [0.25, 0.3) is 55.9 Å². The number of hydrogen-bond donors (Lipinski definition) is 8. The molecule has 21 heteroatoms. The second kappa shape index (κ2) is 31.9. The van der Waals surface area contributed by atoms with Crippen LogP contribution in [-0.2, 0) is 18.8 Å². The van der Waals surface area contributed by atoms with Gasteiger partial charge in [0.25, 0.3) is 17.7 Å². The Hall–Kier alpha value is -12.7. The number of carboxylic acid groups (broad SMARTS) is 1. The second-order valence-corrected chi connectivity index (χ2v) is 28.1. The molecule has 106 heavy (non-hydrogen) atoms. The molecule has 0 radical (unpaired) electrons. The fourth-order valence-electron chi connectivity index (χ4n) is 11.1. The number of amides is 3. The second-order valence-electron chi connectivity index (χ2n) is 28.1. The topological polar surface area (TPSA) is 314 Å². The van der Waals surface area contributed by atoms with Gasteiger partial charge >= 0.3 is 25.0 Å². The lowest BCUT2D eigenvalue weighted by molar-refractivity contribution is 0.00578. The van der Waals surface area contributed by atoms with Crippen molar-refractivity contribution in [1.82, 2.24) is 9.97 Å². The Balaban J connectivity index is 0.000000171. The van der Waals surface area contributed by atoms with Gasteiger partial charge in [0.2, 0.25) is 0 Å². The predicted octanol–water partition coefficient (Wildman–Crippen LogP) is 16.7. The summed E-state index contributed by atoms with van der Waals surface area (Å²) in [5.74, 6) is -3.62. The Kier molecular flexibility index (Phi) is 22.8. The zero-order valence-corrected chi connectivity index (χ0v) is 60.6. The largest absolute Gasteiger partial charge is 0.507 e. The van der Waals surface area contributed by atoms with Gasteiger partial charge in [0.1, 0.15) is 34.3 Å². The van der Waals surface area contributed by atoms with Crippen molar-refractivity contribution in [1.29, 1.82) is 0 Å². The maximum Gasteiger partial charge on any atom is 0.494 e. The van der Waals surface area contributed by atoms with Crippen LogP contribution in [-0.4, -0.2) is 90.4 Å². The van der Waals surface area contributed by atoms with Crippen LogP contribution >= 0.6 is 0 Å². The van der Waals surface area contributed by atoms with Gasteiger partial charge in [0.15, 0.2) is 0 Å². The molecule has 538 valence electrons. The van der Waals surface area contributed by atoms with Crippen molar-refractivity contribution in [2.45, 2.75) is 98.6 Å². The lowest BCUT2D eigenvalue weighted by Gasteiger charge is -2.32. The van der Waals surface area contributed by atoms with E-state index in [0.717, 1.165) is 44.4 Å². The number of hydrogen-bond acceptors (Lipinski definition) is 16. The molecule has 12 rings (SSSR count). The van der Waals surface area contributed by atoms with E-state index in [2.05, 4.69) is 25.9 Å². The van der Waals surface area contributed by atoms with Crippen molar-refractivity contribution >= 4 is 76.9 Å². The van der Waals surface area contributed by atoms with Crippen LogP contribution < -0.4 is 32.9 Å². The molecule has 11 aromatic rings. The van der Waals surface area contributed by atoms with Gasteiger partial charge in [0, 0.05) is 16.7 Å². The molecule has 0 aliphatic carbocycles. The minimum Gasteiger partial charge on any atom is -0.507 e. The number of nitrogens with one attached hydrogen (secondary N) is 3. The molecule has 10 N–H and O–H groups in total. The van der Waals surface area contributed by atoms with Crippen LogP contribution in [0.2, 0.25) is 0 Å². The third-order valence-corrected chi connectivity index (χ3v) is 17.2. The van der Waals surface area contributed by atoms with Crippen molar-refractivity contribution in [3.63, 3.8) is 0 Å². The molecule has 1 fully saturated rings. The first-order valence-electron chi connectivity index (χ1n) is 34.0. The van der Waals surface area contributed by atoms with E-state index < -0.39 is 59.2 Å². The van der Waals surface area contributed by atoms with E-state index in [9.17, 15) is 44.1 Å². The molecule has 20 nitrogen and oxygen atoms in total. The third-order valence-electron chi connectivity index (χ3n) is 17.2. The number of nitrogens with zero attached hydrogens (tertiary/aromatic N) is 2. The van der Waals surface area contributed by atoms with Crippen LogP contribution in [0, 0.1) is 6.92 Å². The standard InChI is InChI=1S/C31H36BNO5.C29H27N3O4.C25H19N3O4/c1-20-14-16-23(32-37-30(5,6)31(7,8)38-32)19-25(20)27(34)33-26-18-22(21-12-10-9-11-13-21)15-17-24(26)28(35)36-29(2,3)4;1-29(2,3)36-28(35)21-14-12-19(18-8-5-4-6-9-18)17-24(21)32-27(34)22-16-20(13-15-25(22)33)23-10-7-11-26(30)31-23;26-23-8-4-7-20(27-23)17-10-12-22(29)19(13-17)24(30)28-21-14-16(9-11-18(21)25(31)32)15-5-2-1-3-6-15/h9-19H,1-8H3,(H,33,34);4-17,33H,1-3H3,(H2,30,31)(H,32,34);1-14,29H,(H2,26,27)(H,28,30)(H,31,32). The number of anilines is 5. The number of aryl methyl sites for hydroxylation is 1. The summed E-state index contributed by atoms with van der Waals surface area (Å²) in [4.78, 5) is 86.2. The fourth-order valence-corrected chi connectivity index (χ4v) is 11.1. The highest BCUT2D eigenvalue weighted by atomic mass is 16.7. The number of aromatic carboxylic acids is 1. The minimum absolute atomic E-state index is 0.0202. The van der Waals surface area contributed by atoms with E-state index >= 15 is 0 Å². The highest BCUT2D eigenvalue weighted by Crippen LogP contribution is 2.38. The van der Waals surface area contributed by atoms with Crippen LogP contribution in [0.5, 0.6) is 11.5 Å². The molecular weight excluding hydrogens is 1340 g/mol. The van der Waals surface area contributed by atoms with Crippen molar-refractivity contribution in [2.75, 3.05) is 27.4 Å². The number of carbonyl (C=O) groups excluding carboxylic acids is 5. The number of rotatable bonds is 15. The van der Waals surface area contributed by atoms with Crippen molar-refractivity contribution < 1.29 is 62.9 Å². The third kappa shape index (κ3) is 18.9. The van der Waals surface area contributed by atoms with Gasteiger partial charge in [-0.25, -0.2) is 24.4 Å². The van der Waals surface area contributed by atoms with Crippen LogP contribution in [0.4, 0.5) is 28.7 Å². The molecular formula is C85H82BN7O13. The van der Waals surface area contributed by atoms with Gasteiger partial charge in [0.05, 0.1) is 67.5 Å². The molecule has 0 atom stereocenters. The number of ether oxygens (including phenoxy) is 2. The molecule has 1 aliphatic rings. The number of esters is 2. The summed E-state index contributed by atoms with van der Waals surface area (Å²) < 4.78 is 23.6. The Morgan fingerprint density at radius 2 is 0.745 bits per heavy atom. The Bertz CT molecular complexity index is 5100. The van der Waals surface area contributed by atoms with Gasteiger partial charge in [-0.1, -0.05) is 133 Å². The van der Waals surface area contributed by atoms with Gasteiger partial charge in [-0.3, -0.25) is 14.4 Å². The number of phenolic OH excluding ortho intramolecular Hbond substituents is 2. The molecule has 3 heterocycles. The van der Waals surface area contributed by atoms with Crippen molar-refractivity contribution in [3.8, 4) is 67.4 Å². The van der Waals surface area contributed by atoms with E-state index in [4.69, 9.17) is 30.2 Å². The first kappa shape index (κ1) is 75.9. The van der Waals surface area contributed by atoms with E-state index in [1.54, 1.807) is 118 Å².